The molecule has 2 aromatic carbocycles. The van der Waals surface area contributed by atoms with Gasteiger partial charge in [-0.25, -0.2) is 9.97 Å². The lowest BCUT2D eigenvalue weighted by atomic mass is 10.2. The molecule has 1 aliphatic heterocycles. The highest BCUT2D eigenvalue weighted by atomic mass is 16.6. The number of amides is 1. The summed E-state index contributed by atoms with van der Waals surface area (Å²) in [4.78, 5) is 35.7. The molecule has 1 N–H and O–H groups in total. The first-order valence-corrected chi connectivity index (χ1v) is 9.97. The van der Waals surface area contributed by atoms with Crippen LogP contribution in [-0.4, -0.2) is 51.9 Å². The summed E-state index contributed by atoms with van der Waals surface area (Å²) in [7, 11) is 0. The minimum absolute atomic E-state index is 0.0627. The molecule has 0 unspecified atom stereocenters. The van der Waals surface area contributed by atoms with E-state index in [1.165, 1.54) is 36.2 Å². The van der Waals surface area contributed by atoms with E-state index in [0.717, 1.165) is 38.5 Å². The Morgan fingerprint density at radius 1 is 1.00 bits per heavy atom. The molecule has 9 nitrogen and oxygen atoms in total. The fourth-order valence-electron chi connectivity index (χ4n) is 3.49. The Balaban J connectivity index is 1.35. The molecular weight excluding hydrogens is 396 g/mol. The van der Waals surface area contributed by atoms with Gasteiger partial charge in [0.1, 0.15) is 18.0 Å². The average Bonchev–Trinajstić information content (AvgIpc) is 2.80. The van der Waals surface area contributed by atoms with Crippen molar-refractivity contribution in [3.05, 3.63) is 88.2 Å². The molecule has 1 saturated heterocycles. The largest absolute Gasteiger partial charge is 0.354 e. The number of anilines is 2. The topological polar surface area (TPSA) is 104 Å². The van der Waals surface area contributed by atoms with Crippen LogP contribution in [0.4, 0.5) is 17.3 Å². The summed E-state index contributed by atoms with van der Waals surface area (Å²) < 4.78 is 0. The Morgan fingerprint density at radius 3 is 2.39 bits per heavy atom. The van der Waals surface area contributed by atoms with Crippen LogP contribution in [0, 0.1) is 10.1 Å². The molecule has 3 aromatic rings. The van der Waals surface area contributed by atoms with Gasteiger partial charge in [0.25, 0.3) is 11.6 Å². The summed E-state index contributed by atoms with van der Waals surface area (Å²) in [6.45, 7) is 4.43. The second-order valence-electron chi connectivity index (χ2n) is 7.27. The zero-order valence-electron chi connectivity index (χ0n) is 16.8. The van der Waals surface area contributed by atoms with E-state index in [1.54, 1.807) is 6.07 Å². The second-order valence-corrected chi connectivity index (χ2v) is 7.27. The van der Waals surface area contributed by atoms with Crippen molar-refractivity contribution in [1.82, 2.24) is 14.9 Å². The van der Waals surface area contributed by atoms with Crippen LogP contribution in [0.2, 0.25) is 0 Å². The lowest BCUT2D eigenvalue weighted by Crippen LogP contribution is -2.46. The maximum Gasteiger partial charge on any atom is 0.269 e. The number of benzene rings is 2. The summed E-state index contributed by atoms with van der Waals surface area (Å²) >= 11 is 0. The minimum atomic E-state index is -0.502. The number of hydrogen-bond donors (Lipinski definition) is 1. The number of non-ortho nitro benzene ring substituents is 1. The maximum atomic E-state index is 12.4. The van der Waals surface area contributed by atoms with Crippen LogP contribution in [-0.2, 0) is 6.54 Å². The minimum Gasteiger partial charge on any atom is -0.354 e. The van der Waals surface area contributed by atoms with E-state index in [0.29, 0.717) is 11.4 Å². The molecule has 158 valence electrons. The standard InChI is InChI=1S/C22H22N6O3/c29-22(18-6-8-19(9-7-18)28(30)31)25-20-14-21(24-16-23-20)27-12-10-26(11-13-27)15-17-4-2-1-3-5-17/h1-9,14,16H,10-13,15H2,(H,23,24,25,29). The van der Waals surface area contributed by atoms with Crippen LogP contribution >= 0.6 is 0 Å². The van der Waals surface area contributed by atoms with Crippen molar-refractivity contribution in [2.24, 2.45) is 0 Å². The molecule has 31 heavy (non-hydrogen) atoms. The normalized spacial score (nSPS) is 14.3. The molecule has 0 bridgehead atoms. The molecule has 0 aliphatic carbocycles. The van der Waals surface area contributed by atoms with Crippen molar-refractivity contribution in [1.29, 1.82) is 0 Å². The van der Waals surface area contributed by atoms with Gasteiger partial charge < -0.3 is 10.2 Å². The first kappa shape index (κ1) is 20.4. The summed E-state index contributed by atoms with van der Waals surface area (Å²) in [5.41, 5.74) is 1.56. The summed E-state index contributed by atoms with van der Waals surface area (Å²) in [6.07, 6.45) is 1.43. The van der Waals surface area contributed by atoms with E-state index in [1.807, 2.05) is 6.07 Å². The highest BCUT2D eigenvalue weighted by Crippen LogP contribution is 2.18. The summed E-state index contributed by atoms with van der Waals surface area (Å²) in [5.74, 6) is 0.764. The number of hydrogen-bond acceptors (Lipinski definition) is 7. The molecular formula is C22H22N6O3. The third-order valence-corrected chi connectivity index (χ3v) is 5.18. The Labute approximate surface area is 179 Å². The van der Waals surface area contributed by atoms with Gasteiger partial charge in [-0.15, -0.1) is 0 Å². The number of aromatic nitrogens is 2. The van der Waals surface area contributed by atoms with Gasteiger partial charge in [-0.2, -0.15) is 0 Å². The Morgan fingerprint density at radius 2 is 1.71 bits per heavy atom. The Hall–Kier alpha value is -3.85. The van der Waals surface area contributed by atoms with Gasteiger partial charge in [-0.1, -0.05) is 30.3 Å². The van der Waals surface area contributed by atoms with Crippen LogP contribution in [0.25, 0.3) is 0 Å². The monoisotopic (exact) mass is 418 g/mol. The predicted octanol–water partition coefficient (Wildman–Crippen LogP) is 2.96. The van der Waals surface area contributed by atoms with Crippen molar-refractivity contribution in [3.8, 4) is 0 Å². The number of nitrogens with zero attached hydrogens (tertiary/aromatic N) is 5. The van der Waals surface area contributed by atoms with Crippen molar-refractivity contribution in [3.63, 3.8) is 0 Å². The van der Waals surface area contributed by atoms with Crippen molar-refractivity contribution >= 4 is 23.2 Å². The smallest absolute Gasteiger partial charge is 0.269 e. The fraction of sp³-hybridized carbons (Fsp3) is 0.227. The molecule has 1 fully saturated rings. The zero-order chi connectivity index (χ0) is 21.6. The molecule has 0 radical (unpaired) electrons. The van der Waals surface area contributed by atoms with Gasteiger partial charge >= 0.3 is 0 Å². The predicted molar refractivity (Wildman–Crippen MR) is 117 cm³/mol. The highest BCUT2D eigenvalue weighted by Gasteiger charge is 2.19. The molecule has 1 aromatic heterocycles. The van der Waals surface area contributed by atoms with E-state index in [2.05, 4.69) is 49.4 Å². The number of nitro benzene ring substituents is 1. The van der Waals surface area contributed by atoms with Crippen LogP contribution in [0.5, 0.6) is 0 Å². The number of nitrogens with one attached hydrogen (secondary N) is 1. The lowest BCUT2D eigenvalue weighted by Gasteiger charge is -2.35. The van der Waals surface area contributed by atoms with E-state index in [4.69, 9.17) is 0 Å². The average molecular weight is 418 g/mol. The zero-order valence-corrected chi connectivity index (χ0v) is 16.8. The van der Waals surface area contributed by atoms with Gasteiger partial charge in [0.2, 0.25) is 0 Å². The first-order valence-electron chi connectivity index (χ1n) is 9.97. The van der Waals surface area contributed by atoms with Gasteiger partial charge in [-0.3, -0.25) is 19.8 Å². The molecule has 1 aliphatic rings. The third-order valence-electron chi connectivity index (χ3n) is 5.18. The highest BCUT2D eigenvalue weighted by molar-refractivity contribution is 6.04. The first-order chi connectivity index (χ1) is 15.1. The van der Waals surface area contributed by atoms with E-state index < -0.39 is 4.92 Å². The quantitative estimate of drug-likeness (QED) is 0.485. The van der Waals surface area contributed by atoms with Gasteiger partial charge in [-0.05, 0) is 17.7 Å². The van der Waals surface area contributed by atoms with Crippen LogP contribution < -0.4 is 10.2 Å². The summed E-state index contributed by atoms with van der Waals surface area (Å²) in [6, 6.07) is 17.6. The van der Waals surface area contributed by atoms with E-state index in [-0.39, 0.29) is 11.6 Å². The van der Waals surface area contributed by atoms with E-state index >= 15 is 0 Å². The Kier molecular flexibility index (Phi) is 6.13. The van der Waals surface area contributed by atoms with Gasteiger partial charge in [0, 0.05) is 56.5 Å². The number of carbonyl (C=O) groups excluding carboxylic acids is 1. The summed E-state index contributed by atoms with van der Waals surface area (Å²) in [5, 5.41) is 13.5. The molecule has 1 amide bonds. The molecule has 0 atom stereocenters. The fourth-order valence-corrected chi connectivity index (χ4v) is 3.49. The number of nitro groups is 1. The third kappa shape index (κ3) is 5.20. The Bertz CT molecular complexity index is 1050. The van der Waals surface area contributed by atoms with Crippen LogP contribution in [0.1, 0.15) is 15.9 Å². The second kappa shape index (κ2) is 9.31. The van der Waals surface area contributed by atoms with E-state index in [9.17, 15) is 14.9 Å². The van der Waals surface area contributed by atoms with Crippen LogP contribution in [0.15, 0.2) is 67.0 Å². The van der Waals surface area contributed by atoms with Gasteiger partial charge in [0.05, 0.1) is 4.92 Å². The van der Waals surface area contributed by atoms with Crippen molar-refractivity contribution < 1.29 is 9.72 Å². The molecule has 0 saturated carbocycles. The lowest BCUT2D eigenvalue weighted by molar-refractivity contribution is -0.384. The maximum absolute atomic E-state index is 12.4. The van der Waals surface area contributed by atoms with Crippen LogP contribution in [0.3, 0.4) is 0 Å². The number of piperazine rings is 1. The number of carbonyl (C=O) groups is 1. The molecule has 9 heteroatoms. The molecule has 4 rings (SSSR count). The number of rotatable bonds is 6. The van der Waals surface area contributed by atoms with Gasteiger partial charge in [0.15, 0.2) is 0 Å². The van der Waals surface area contributed by atoms with Crippen molar-refractivity contribution in [2.75, 3.05) is 36.4 Å². The molecule has 2 heterocycles. The SMILES string of the molecule is O=C(Nc1cc(N2CCN(Cc3ccccc3)CC2)ncn1)c1ccc([N+](=O)[O-])cc1. The van der Waals surface area contributed by atoms with Crippen molar-refractivity contribution in [2.45, 2.75) is 6.54 Å². The molecule has 0 spiro atoms.